The first-order valence-corrected chi connectivity index (χ1v) is 12.5. The van der Waals surface area contributed by atoms with Gasteiger partial charge >= 0.3 is 11.9 Å². The number of thiazole rings is 1. The van der Waals surface area contributed by atoms with Crippen LogP contribution >= 0.6 is 34.7 Å². The number of carboxylic acid groups (broad SMARTS) is 1. The molecule has 3 atom stereocenters. The maximum absolute atomic E-state index is 13.2. The van der Waals surface area contributed by atoms with E-state index in [0.29, 0.717) is 6.41 Å². The van der Waals surface area contributed by atoms with Gasteiger partial charge in [-0.3, -0.25) is 19.3 Å². The summed E-state index contributed by atoms with van der Waals surface area (Å²) in [6, 6.07) is -1.06. The summed E-state index contributed by atoms with van der Waals surface area (Å²) in [4.78, 5) is 70.2. The van der Waals surface area contributed by atoms with Gasteiger partial charge in [0, 0.05) is 5.25 Å². The molecule has 1 saturated heterocycles. The van der Waals surface area contributed by atoms with Crippen LogP contribution < -0.4 is 10.6 Å². The van der Waals surface area contributed by atoms with Crippen LogP contribution in [0.2, 0.25) is 4.34 Å². The molecule has 2 unspecified atom stereocenters. The molecule has 3 rings (SSSR count). The predicted molar refractivity (Wildman–Crippen MR) is 130 cm³/mol. The smallest absolute Gasteiger partial charge is 0.352 e. The lowest BCUT2D eigenvalue weighted by Crippen LogP contribution is -2.71. The predicted octanol–water partition coefficient (Wildman–Crippen LogP) is 1.18. The number of fused-ring (bicyclic) bond motifs is 1. The fourth-order valence-electron chi connectivity index (χ4n) is 3.21. The van der Waals surface area contributed by atoms with Crippen LogP contribution in [-0.4, -0.2) is 79.7 Å². The highest BCUT2D eigenvalue weighted by atomic mass is 35.5. The molecule has 3 heterocycles. The number of carboxylic acids is 1. The van der Waals surface area contributed by atoms with E-state index in [4.69, 9.17) is 21.2 Å². The molecule has 0 bridgehead atoms. The van der Waals surface area contributed by atoms with Crippen molar-refractivity contribution in [3.8, 4) is 0 Å². The number of hydrogen-bond donors (Lipinski definition) is 3. The van der Waals surface area contributed by atoms with Gasteiger partial charge in [-0.1, -0.05) is 28.1 Å². The first-order valence-electron chi connectivity index (χ1n) is 10.4. The number of halogens is 1. The van der Waals surface area contributed by atoms with Crippen molar-refractivity contribution in [2.45, 2.75) is 50.0 Å². The molecular formula is C20H22ClN5O8S2. The summed E-state index contributed by atoms with van der Waals surface area (Å²) in [6.07, 6.45) is 1.82. The Balaban J connectivity index is 1.82. The topological polar surface area (TPSA) is 177 Å². The molecule has 3 amide bonds. The molecule has 36 heavy (non-hydrogen) atoms. The third kappa shape index (κ3) is 6.14. The highest BCUT2D eigenvalue weighted by Crippen LogP contribution is 2.40. The first-order chi connectivity index (χ1) is 16.8. The molecule has 194 valence electrons. The van der Waals surface area contributed by atoms with Crippen molar-refractivity contribution in [1.82, 2.24) is 15.2 Å². The number of carbonyl (C=O) groups is 5. The molecule has 0 saturated carbocycles. The summed E-state index contributed by atoms with van der Waals surface area (Å²) in [5.41, 5.74) is -1.56. The second kappa shape index (κ2) is 10.8. The molecule has 0 aromatic carbocycles. The van der Waals surface area contributed by atoms with Gasteiger partial charge in [-0.2, -0.15) is 0 Å². The van der Waals surface area contributed by atoms with E-state index < -0.39 is 53.1 Å². The number of anilines is 1. The molecule has 0 radical (unpaired) electrons. The van der Waals surface area contributed by atoms with Crippen molar-refractivity contribution in [2.24, 2.45) is 5.16 Å². The maximum atomic E-state index is 13.2. The number of amides is 3. The van der Waals surface area contributed by atoms with Gasteiger partial charge in [0.2, 0.25) is 13.0 Å². The molecule has 0 aliphatic carbocycles. The molecule has 1 fully saturated rings. The molecular weight excluding hydrogens is 538 g/mol. The molecule has 1 aromatic rings. The lowest BCUT2D eigenvalue weighted by Gasteiger charge is -2.49. The molecule has 3 N–H and O–H groups in total. The SMILES string of the molecule is CC1C=C(C(=O)O)N2C(=O)C(NC(=O)C(=NOCC(=O)OC(C)(C)C)c3nc(NC=O)sc3Cl)[C@@H]2S1. The second-order valence-corrected chi connectivity index (χ2v) is 11.6. The van der Waals surface area contributed by atoms with Crippen LogP contribution in [0.1, 0.15) is 33.4 Å². The lowest BCUT2D eigenvalue weighted by molar-refractivity contribution is -0.160. The van der Waals surface area contributed by atoms with Crippen molar-refractivity contribution < 1.29 is 38.7 Å². The largest absolute Gasteiger partial charge is 0.477 e. The zero-order chi connectivity index (χ0) is 26.8. The van der Waals surface area contributed by atoms with E-state index >= 15 is 0 Å². The average Bonchev–Trinajstić information content (AvgIpc) is 3.12. The Morgan fingerprint density at radius 2 is 2.06 bits per heavy atom. The van der Waals surface area contributed by atoms with Crippen molar-refractivity contribution in [3.05, 3.63) is 21.8 Å². The van der Waals surface area contributed by atoms with Gasteiger partial charge in [0.1, 0.15) is 32.7 Å². The molecule has 0 spiro atoms. The Labute approximate surface area is 218 Å². The summed E-state index contributed by atoms with van der Waals surface area (Å²) >= 11 is 8.32. The summed E-state index contributed by atoms with van der Waals surface area (Å²) in [5, 5.41) is 17.1. The number of carbonyl (C=O) groups excluding carboxylic acids is 4. The molecule has 13 nitrogen and oxygen atoms in total. The van der Waals surface area contributed by atoms with Gasteiger partial charge in [0.15, 0.2) is 10.8 Å². The minimum atomic E-state index is -1.26. The third-order valence-corrected chi connectivity index (χ3v) is 7.03. The Kier molecular flexibility index (Phi) is 8.26. The van der Waals surface area contributed by atoms with Gasteiger partial charge in [0.05, 0.1) is 0 Å². The number of ether oxygens (including phenoxy) is 1. The van der Waals surface area contributed by atoms with E-state index in [1.165, 1.54) is 17.8 Å². The number of thioether (sulfide) groups is 1. The molecule has 1 aromatic heterocycles. The summed E-state index contributed by atoms with van der Waals surface area (Å²) < 4.78 is 5.10. The molecule has 2 aliphatic heterocycles. The maximum Gasteiger partial charge on any atom is 0.352 e. The van der Waals surface area contributed by atoms with Crippen molar-refractivity contribution in [2.75, 3.05) is 11.9 Å². The molecule has 2 aliphatic rings. The quantitative estimate of drug-likeness (QED) is 0.131. The van der Waals surface area contributed by atoms with Crippen molar-refractivity contribution in [1.29, 1.82) is 0 Å². The van der Waals surface area contributed by atoms with Crippen LogP contribution in [-0.2, 0) is 33.5 Å². The monoisotopic (exact) mass is 559 g/mol. The minimum absolute atomic E-state index is 0.0209. The number of esters is 1. The Bertz CT molecular complexity index is 1160. The number of nitrogens with one attached hydrogen (secondary N) is 2. The number of rotatable bonds is 9. The van der Waals surface area contributed by atoms with E-state index in [1.54, 1.807) is 27.7 Å². The van der Waals surface area contributed by atoms with Crippen molar-refractivity contribution >= 4 is 75.7 Å². The highest BCUT2D eigenvalue weighted by Gasteiger charge is 2.54. The standard InChI is InChI=1S/C20H22ClN5O8S2/c1-8-5-9(18(31)32)26-16(30)13(17(26)35-8)23-15(29)12(11-14(21)36-19(24-11)22-7-27)25-33-6-10(28)34-20(2,3)4/h5,7-8,13,17H,6H2,1-4H3,(H,23,29)(H,31,32)(H,22,24,27)/t8?,13?,17-/m0/s1. The minimum Gasteiger partial charge on any atom is -0.477 e. The summed E-state index contributed by atoms with van der Waals surface area (Å²) in [5.74, 6) is -3.54. The number of β-lactam (4-membered cyclic amide) rings is 1. The fraction of sp³-hybridized carbons (Fsp3) is 0.450. The zero-order valence-corrected chi connectivity index (χ0v) is 21.8. The summed E-state index contributed by atoms with van der Waals surface area (Å²) in [6.45, 7) is 6.13. The van der Waals surface area contributed by atoms with E-state index in [-0.39, 0.29) is 26.1 Å². The van der Waals surface area contributed by atoms with Crippen LogP contribution in [0.15, 0.2) is 16.9 Å². The van der Waals surface area contributed by atoms with Crippen LogP contribution in [0.5, 0.6) is 0 Å². The van der Waals surface area contributed by atoms with Gasteiger partial charge in [-0.05, 0) is 33.8 Å². The number of aliphatic carboxylic acids is 1. The van der Waals surface area contributed by atoms with Gasteiger partial charge in [-0.25, -0.2) is 14.6 Å². The number of aromatic nitrogens is 1. The normalized spacial score (nSPS) is 21.5. The highest BCUT2D eigenvalue weighted by molar-refractivity contribution is 8.00. The average molecular weight is 560 g/mol. The van der Waals surface area contributed by atoms with E-state index in [1.807, 2.05) is 0 Å². The Morgan fingerprint density at radius 1 is 1.36 bits per heavy atom. The third-order valence-electron chi connectivity index (χ3n) is 4.52. The zero-order valence-electron chi connectivity index (χ0n) is 19.4. The van der Waals surface area contributed by atoms with Crippen LogP contribution in [0.3, 0.4) is 0 Å². The van der Waals surface area contributed by atoms with Crippen LogP contribution in [0.25, 0.3) is 0 Å². The number of hydrogen-bond acceptors (Lipinski definition) is 11. The number of nitrogens with zero attached hydrogens (tertiary/aromatic N) is 3. The van der Waals surface area contributed by atoms with E-state index in [2.05, 4.69) is 20.8 Å². The van der Waals surface area contributed by atoms with Crippen LogP contribution in [0, 0.1) is 0 Å². The van der Waals surface area contributed by atoms with Gasteiger partial charge in [-0.15, -0.1) is 11.8 Å². The summed E-state index contributed by atoms with van der Waals surface area (Å²) in [7, 11) is 0. The fourth-order valence-corrected chi connectivity index (χ4v) is 5.54. The molecule has 16 heteroatoms. The Morgan fingerprint density at radius 3 is 2.67 bits per heavy atom. The second-order valence-electron chi connectivity index (χ2n) is 8.45. The van der Waals surface area contributed by atoms with Crippen LogP contribution in [0.4, 0.5) is 5.13 Å². The Hall–Kier alpha value is -3.17. The van der Waals surface area contributed by atoms with Crippen molar-refractivity contribution in [3.63, 3.8) is 0 Å². The van der Waals surface area contributed by atoms with E-state index in [0.717, 1.165) is 16.2 Å². The first kappa shape index (κ1) is 27.4. The number of oxime groups is 1. The van der Waals surface area contributed by atoms with Gasteiger partial charge < -0.3 is 25.3 Å². The van der Waals surface area contributed by atoms with E-state index in [9.17, 15) is 29.1 Å². The van der Waals surface area contributed by atoms with Gasteiger partial charge in [0.25, 0.3) is 11.8 Å². The lowest BCUT2D eigenvalue weighted by atomic mass is 10.0.